The molecule has 1 fully saturated rings. The summed E-state index contributed by atoms with van der Waals surface area (Å²) in [6.45, 7) is 2.95. The van der Waals surface area contributed by atoms with E-state index in [9.17, 15) is 13.2 Å². The summed E-state index contributed by atoms with van der Waals surface area (Å²) in [5, 5.41) is 2.83. The van der Waals surface area contributed by atoms with Gasteiger partial charge in [0.05, 0.1) is 16.8 Å². The van der Waals surface area contributed by atoms with Crippen LogP contribution in [-0.4, -0.2) is 36.7 Å². The average molecular weight is 388 g/mol. The molecule has 1 aliphatic heterocycles. The fourth-order valence-electron chi connectivity index (χ4n) is 3.29. The number of rotatable bonds is 6. The molecule has 3 rings (SSSR count). The summed E-state index contributed by atoms with van der Waals surface area (Å²) in [6.07, 6.45) is 6.05. The van der Waals surface area contributed by atoms with Gasteiger partial charge in [-0.3, -0.25) is 9.78 Å². The lowest BCUT2D eigenvalue weighted by Crippen LogP contribution is -2.38. The second-order valence-corrected chi connectivity index (χ2v) is 8.93. The van der Waals surface area contributed by atoms with E-state index in [1.807, 2.05) is 19.1 Å². The summed E-state index contributed by atoms with van der Waals surface area (Å²) in [4.78, 5) is 16.4. The number of sulfonamides is 1. The number of carbonyl (C=O) groups excluding carboxylic acids is 1. The minimum Gasteiger partial charge on any atom is -0.325 e. The first kappa shape index (κ1) is 19.5. The molecule has 1 N–H and O–H groups in total. The summed E-state index contributed by atoms with van der Waals surface area (Å²) in [5.74, 6) is 0.340. The number of carbonyl (C=O) groups is 1. The molecule has 0 atom stereocenters. The first-order valence-corrected chi connectivity index (χ1v) is 10.7. The third kappa shape index (κ3) is 5.14. The molecule has 0 saturated carbocycles. The third-order valence-corrected chi connectivity index (χ3v) is 6.87. The lowest BCUT2D eigenvalue weighted by atomic mass is 9.93. The van der Waals surface area contributed by atoms with Crippen molar-refractivity contribution >= 4 is 21.6 Å². The Balaban J connectivity index is 1.47. The van der Waals surface area contributed by atoms with Crippen molar-refractivity contribution in [1.29, 1.82) is 0 Å². The Hall–Kier alpha value is -2.25. The molecule has 7 heteroatoms. The molecule has 0 spiro atoms. The van der Waals surface area contributed by atoms with E-state index >= 15 is 0 Å². The predicted octanol–water partition coefficient (Wildman–Crippen LogP) is 3.21. The van der Waals surface area contributed by atoms with Crippen LogP contribution in [0.25, 0.3) is 0 Å². The van der Waals surface area contributed by atoms with E-state index < -0.39 is 10.0 Å². The van der Waals surface area contributed by atoms with Gasteiger partial charge in [-0.1, -0.05) is 17.7 Å². The Morgan fingerprint density at radius 2 is 1.89 bits per heavy atom. The summed E-state index contributed by atoms with van der Waals surface area (Å²) in [5.41, 5.74) is 1.73. The van der Waals surface area contributed by atoms with Gasteiger partial charge in [-0.15, -0.1) is 0 Å². The third-order valence-electron chi connectivity index (χ3n) is 4.96. The molecule has 1 aromatic carbocycles. The van der Waals surface area contributed by atoms with E-state index in [4.69, 9.17) is 0 Å². The Morgan fingerprint density at radius 3 is 2.52 bits per heavy atom. The number of anilines is 1. The topological polar surface area (TPSA) is 79.4 Å². The fourth-order valence-corrected chi connectivity index (χ4v) is 4.76. The Kier molecular flexibility index (Phi) is 6.23. The van der Waals surface area contributed by atoms with E-state index in [1.54, 1.807) is 41.0 Å². The average Bonchev–Trinajstić information content (AvgIpc) is 2.68. The molecule has 2 aromatic rings. The summed E-state index contributed by atoms with van der Waals surface area (Å²) in [6, 6.07) is 10.6. The van der Waals surface area contributed by atoms with Gasteiger partial charge in [-0.2, -0.15) is 4.31 Å². The molecule has 2 heterocycles. The standard InChI is InChI=1S/C20H25N3O3S/c1-16-4-7-19(8-5-16)27(25,26)23-13-10-17(11-14-23)6-9-20(24)22-18-3-2-12-21-15-18/h2-5,7-8,12,15,17H,6,9-11,13-14H2,1H3,(H,22,24). The maximum absolute atomic E-state index is 12.7. The number of hydrogen-bond donors (Lipinski definition) is 1. The van der Waals surface area contributed by atoms with Crippen LogP contribution in [0.4, 0.5) is 5.69 Å². The molecule has 1 amide bonds. The fraction of sp³-hybridized carbons (Fsp3) is 0.400. The quantitative estimate of drug-likeness (QED) is 0.825. The number of piperidine rings is 1. The van der Waals surface area contributed by atoms with Crippen LogP contribution in [0.2, 0.25) is 0 Å². The minimum atomic E-state index is -3.43. The van der Waals surface area contributed by atoms with Crippen molar-refractivity contribution in [2.45, 2.75) is 37.5 Å². The zero-order valence-electron chi connectivity index (χ0n) is 15.5. The molecule has 27 heavy (non-hydrogen) atoms. The number of pyridine rings is 1. The molecule has 0 aliphatic carbocycles. The second-order valence-electron chi connectivity index (χ2n) is 6.99. The molecule has 1 aromatic heterocycles. The number of hydrogen-bond acceptors (Lipinski definition) is 4. The van der Waals surface area contributed by atoms with Gasteiger partial charge in [0.2, 0.25) is 15.9 Å². The van der Waals surface area contributed by atoms with E-state index in [2.05, 4.69) is 10.3 Å². The lowest BCUT2D eigenvalue weighted by molar-refractivity contribution is -0.116. The van der Waals surface area contributed by atoms with E-state index in [1.165, 1.54) is 0 Å². The van der Waals surface area contributed by atoms with Crippen LogP contribution >= 0.6 is 0 Å². The number of aromatic nitrogens is 1. The number of aryl methyl sites for hydroxylation is 1. The zero-order valence-corrected chi connectivity index (χ0v) is 16.3. The van der Waals surface area contributed by atoms with Crippen molar-refractivity contribution in [3.05, 3.63) is 54.4 Å². The highest BCUT2D eigenvalue weighted by molar-refractivity contribution is 7.89. The highest BCUT2D eigenvalue weighted by Gasteiger charge is 2.29. The smallest absolute Gasteiger partial charge is 0.243 e. The van der Waals surface area contributed by atoms with Crippen molar-refractivity contribution in [2.75, 3.05) is 18.4 Å². The van der Waals surface area contributed by atoms with Gasteiger partial charge in [0.15, 0.2) is 0 Å². The van der Waals surface area contributed by atoms with Crippen molar-refractivity contribution in [2.24, 2.45) is 5.92 Å². The highest BCUT2D eigenvalue weighted by Crippen LogP contribution is 2.26. The first-order valence-electron chi connectivity index (χ1n) is 9.22. The molecule has 1 aliphatic rings. The van der Waals surface area contributed by atoms with Gasteiger partial charge in [-0.25, -0.2) is 8.42 Å². The van der Waals surface area contributed by atoms with Crippen molar-refractivity contribution in [1.82, 2.24) is 9.29 Å². The zero-order chi connectivity index (χ0) is 19.3. The Morgan fingerprint density at radius 1 is 1.19 bits per heavy atom. The SMILES string of the molecule is Cc1ccc(S(=O)(=O)N2CCC(CCC(=O)Nc3cccnc3)CC2)cc1. The van der Waals surface area contributed by atoms with Gasteiger partial charge in [0.25, 0.3) is 0 Å². The van der Waals surface area contributed by atoms with Crippen molar-refractivity contribution in [3.8, 4) is 0 Å². The highest BCUT2D eigenvalue weighted by atomic mass is 32.2. The van der Waals surface area contributed by atoms with Crippen LogP contribution in [0.3, 0.4) is 0 Å². The summed E-state index contributed by atoms with van der Waals surface area (Å²) >= 11 is 0. The van der Waals surface area contributed by atoms with Crippen LogP contribution in [0, 0.1) is 12.8 Å². The predicted molar refractivity (Wildman–Crippen MR) is 105 cm³/mol. The molecule has 0 radical (unpaired) electrons. The van der Waals surface area contributed by atoms with Gasteiger partial charge in [0.1, 0.15) is 0 Å². The maximum Gasteiger partial charge on any atom is 0.243 e. The van der Waals surface area contributed by atoms with Gasteiger partial charge >= 0.3 is 0 Å². The van der Waals surface area contributed by atoms with Crippen LogP contribution < -0.4 is 5.32 Å². The first-order chi connectivity index (χ1) is 12.9. The molecular formula is C20H25N3O3S. The Bertz CT molecular complexity index is 859. The van der Waals surface area contributed by atoms with Crippen LogP contribution in [-0.2, 0) is 14.8 Å². The minimum absolute atomic E-state index is 0.0299. The van der Waals surface area contributed by atoms with Crippen molar-refractivity contribution < 1.29 is 13.2 Å². The molecule has 6 nitrogen and oxygen atoms in total. The van der Waals surface area contributed by atoms with Gasteiger partial charge in [-0.05, 0) is 56.4 Å². The van der Waals surface area contributed by atoms with E-state index in [0.29, 0.717) is 36.0 Å². The number of benzene rings is 1. The summed E-state index contributed by atoms with van der Waals surface area (Å²) in [7, 11) is -3.43. The van der Waals surface area contributed by atoms with Crippen LogP contribution in [0.5, 0.6) is 0 Å². The Labute approximate surface area is 160 Å². The normalized spacial score (nSPS) is 16.2. The number of amides is 1. The maximum atomic E-state index is 12.7. The second kappa shape index (κ2) is 8.63. The van der Waals surface area contributed by atoms with Crippen molar-refractivity contribution in [3.63, 3.8) is 0 Å². The van der Waals surface area contributed by atoms with E-state index in [-0.39, 0.29) is 5.91 Å². The molecule has 0 bridgehead atoms. The summed E-state index contributed by atoms with van der Waals surface area (Å²) < 4.78 is 27.0. The molecule has 0 unspecified atom stereocenters. The lowest BCUT2D eigenvalue weighted by Gasteiger charge is -2.31. The van der Waals surface area contributed by atoms with Gasteiger partial charge < -0.3 is 5.32 Å². The van der Waals surface area contributed by atoms with Gasteiger partial charge in [0, 0.05) is 25.7 Å². The number of nitrogens with one attached hydrogen (secondary N) is 1. The monoisotopic (exact) mass is 387 g/mol. The number of nitrogens with zero attached hydrogens (tertiary/aromatic N) is 2. The van der Waals surface area contributed by atoms with Crippen LogP contribution in [0.1, 0.15) is 31.2 Å². The molecular weight excluding hydrogens is 362 g/mol. The largest absolute Gasteiger partial charge is 0.325 e. The molecule has 144 valence electrons. The van der Waals surface area contributed by atoms with E-state index in [0.717, 1.165) is 24.8 Å². The molecule has 1 saturated heterocycles. The van der Waals surface area contributed by atoms with Crippen LogP contribution in [0.15, 0.2) is 53.7 Å².